The Morgan fingerprint density at radius 1 is 1.03 bits per heavy atom. The molecule has 4 aromatic rings. The van der Waals surface area contributed by atoms with E-state index in [1.54, 1.807) is 23.6 Å². The van der Waals surface area contributed by atoms with Crippen LogP contribution < -0.4 is 19.6 Å². The molecule has 190 valence electrons. The predicted octanol–water partition coefficient (Wildman–Crippen LogP) is 4.50. The Hall–Kier alpha value is -4.49. The molecule has 0 bridgehead atoms. The van der Waals surface area contributed by atoms with Crippen molar-refractivity contribution in [2.45, 2.75) is 13.0 Å². The first-order valence-corrected chi connectivity index (χ1v) is 13.1. The first-order chi connectivity index (χ1) is 18.6. The minimum atomic E-state index is -0.698. The summed E-state index contributed by atoms with van der Waals surface area (Å²) in [5, 5.41) is 0. The van der Waals surface area contributed by atoms with Crippen molar-refractivity contribution in [3.63, 3.8) is 0 Å². The van der Waals surface area contributed by atoms with Crippen molar-refractivity contribution in [2.75, 3.05) is 13.2 Å². The summed E-state index contributed by atoms with van der Waals surface area (Å²) in [6, 6.07) is 25.8. The van der Waals surface area contributed by atoms with Crippen molar-refractivity contribution < 1.29 is 14.3 Å². The molecule has 6 nitrogen and oxygen atoms in total. The lowest BCUT2D eigenvalue weighted by Crippen LogP contribution is -2.40. The molecule has 5 rings (SSSR count). The van der Waals surface area contributed by atoms with Gasteiger partial charge in [0, 0.05) is 11.1 Å². The molecule has 0 saturated heterocycles. The van der Waals surface area contributed by atoms with Crippen LogP contribution in [0, 0.1) is 0 Å². The van der Waals surface area contributed by atoms with Crippen LogP contribution >= 0.6 is 11.3 Å². The molecule has 0 aliphatic carbocycles. The zero-order chi connectivity index (χ0) is 26.5. The lowest BCUT2D eigenvalue weighted by Gasteiger charge is -2.25. The number of hydrogen-bond acceptors (Lipinski definition) is 6. The second-order valence-corrected chi connectivity index (χ2v) is 9.49. The molecule has 0 amide bonds. The molecule has 0 radical (unpaired) electrons. The lowest BCUT2D eigenvalue weighted by atomic mass is 9.93. The number of carbonyl (C=O) groups excluding carboxylic acids is 1. The van der Waals surface area contributed by atoms with E-state index in [9.17, 15) is 9.59 Å². The van der Waals surface area contributed by atoms with E-state index >= 15 is 0 Å². The quantitative estimate of drug-likeness (QED) is 0.252. The van der Waals surface area contributed by atoms with Crippen LogP contribution in [-0.4, -0.2) is 23.8 Å². The molecular formula is C31H26N2O4S. The third kappa shape index (κ3) is 4.88. The molecule has 1 aromatic heterocycles. The van der Waals surface area contributed by atoms with Gasteiger partial charge < -0.3 is 9.47 Å². The maximum atomic E-state index is 13.9. The molecule has 3 aromatic carbocycles. The number of benzene rings is 3. The van der Waals surface area contributed by atoms with E-state index in [1.807, 2.05) is 84.9 Å². The summed E-state index contributed by atoms with van der Waals surface area (Å²) in [6.07, 6.45) is 3.48. The van der Waals surface area contributed by atoms with E-state index in [-0.39, 0.29) is 12.2 Å². The highest BCUT2D eigenvalue weighted by Gasteiger charge is 2.35. The van der Waals surface area contributed by atoms with Crippen molar-refractivity contribution >= 4 is 29.1 Å². The number of thiazole rings is 1. The maximum absolute atomic E-state index is 13.9. The van der Waals surface area contributed by atoms with Crippen LogP contribution in [0.25, 0.3) is 11.8 Å². The largest absolute Gasteiger partial charge is 0.489 e. The summed E-state index contributed by atoms with van der Waals surface area (Å²) in [7, 11) is 0. The zero-order valence-corrected chi connectivity index (χ0v) is 21.7. The number of para-hydroxylation sites is 1. The van der Waals surface area contributed by atoms with Gasteiger partial charge in [0.15, 0.2) is 4.80 Å². The monoisotopic (exact) mass is 522 g/mol. The smallest absolute Gasteiger partial charge is 0.338 e. The van der Waals surface area contributed by atoms with Gasteiger partial charge in [-0.1, -0.05) is 103 Å². The third-order valence-corrected chi connectivity index (χ3v) is 7.03. The third-order valence-electron chi connectivity index (χ3n) is 6.05. The average molecular weight is 523 g/mol. The van der Waals surface area contributed by atoms with E-state index in [1.165, 1.54) is 11.3 Å². The number of rotatable bonds is 8. The van der Waals surface area contributed by atoms with Crippen LogP contribution in [0.3, 0.4) is 0 Å². The average Bonchev–Trinajstić information content (AvgIpc) is 3.27. The van der Waals surface area contributed by atoms with Crippen molar-refractivity contribution in [3.05, 3.63) is 140 Å². The van der Waals surface area contributed by atoms with Gasteiger partial charge in [0.05, 0.1) is 28.5 Å². The highest BCUT2D eigenvalue weighted by molar-refractivity contribution is 7.07. The minimum absolute atomic E-state index is 0.206. The Bertz CT molecular complexity index is 1690. The summed E-state index contributed by atoms with van der Waals surface area (Å²) in [6.45, 7) is 6.03. The molecule has 0 N–H and O–H groups in total. The molecule has 0 fully saturated rings. The molecule has 1 aliphatic rings. The van der Waals surface area contributed by atoms with Gasteiger partial charge >= 0.3 is 5.97 Å². The Kier molecular flexibility index (Phi) is 7.47. The van der Waals surface area contributed by atoms with Crippen LogP contribution in [-0.2, 0) is 9.53 Å². The van der Waals surface area contributed by atoms with Crippen molar-refractivity contribution in [3.8, 4) is 5.75 Å². The second-order valence-electron chi connectivity index (χ2n) is 8.48. The molecule has 38 heavy (non-hydrogen) atoms. The predicted molar refractivity (Wildman–Crippen MR) is 150 cm³/mol. The van der Waals surface area contributed by atoms with Gasteiger partial charge in [-0.05, 0) is 24.6 Å². The van der Waals surface area contributed by atoms with Crippen molar-refractivity contribution in [2.24, 2.45) is 4.99 Å². The van der Waals surface area contributed by atoms with Crippen LogP contribution in [0.5, 0.6) is 5.75 Å². The van der Waals surface area contributed by atoms with E-state index in [4.69, 9.17) is 14.5 Å². The number of esters is 1. The fourth-order valence-corrected chi connectivity index (χ4v) is 5.40. The van der Waals surface area contributed by atoms with Gasteiger partial charge in [0.25, 0.3) is 5.56 Å². The fraction of sp³-hybridized carbons (Fsp3) is 0.129. The number of ether oxygens (including phenoxy) is 2. The van der Waals surface area contributed by atoms with Crippen LogP contribution in [0.4, 0.5) is 0 Å². The molecule has 0 spiro atoms. The number of carbonyl (C=O) groups is 1. The topological polar surface area (TPSA) is 69.9 Å². The highest BCUT2D eigenvalue weighted by atomic mass is 32.1. The summed E-state index contributed by atoms with van der Waals surface area (Å²) in [4.78, 5) is 32.8. The van der Waals surface area contributed by atoms with Gasteiger partial charge in [0.1, 0.15) is 12.4 Å². The Morgan fingerprint density at radius 3 is 2.42 bits per heavy atom. The standard InChI is InChI=1S/C31H26N2O4S/c1-3-19-37-24-18-12-11-17-23(24)20-25-29(34)33-28(22-15-9-6-10-16-22)26(30(35)36-4-2)27(32-31(33)38-25)21-13-7-5-8-14-21/h3,5-18,20,28H,1,4,19H2,2H3/b25-20+/t28-/m1/s1. The molecular weight excluding hydrogens is 496 g/mol. The summed E-state index contributed by atoms with van der Waals surface area (Å²) >= 11 is 1.28. The fourth-order valence-electron chi connectivity index (χ4n) is 4.41. The molecule has 1 aliphatic heterocycles. The second kappa shape index (κ2) is 11.3. The summed E-state index contributed by atoms with van der Waals surface area (Å²) < 4.78 is 13.4. The normalized spacial score (nSPS) is 15.0. The number of fused-ring (bicyclic) bond motifs is 1. The number of aromatic nitrogens is 1. The molecule has 2 heterocycles. The number of nitrogens with zero attached hydrogens (tertiary/aromatic N) is 2. The van der Waals surface area contributed by atoms with Gasteiger partial charge in [-0.15, -0.1) is 0 Å². The van der Waals surface area contributed by atoms with Crippen LogP contribution in [0.1, 0.15) is 29.7 Å². The molecule has 7 heteroatoms. The minimum Gasteiger partial charge on any atom is -0.489 e. The van der Waals surface area contributed by atoms with E-state index in [2.05, 4.69) is 6.58 Å². The molecule has 0 saturated carbocycles. The lowest BCUT2D eigenvalue weighted by molar-refractivity contribution is -0.138. The Balaban J connectivity index is 1.79. The van der Waals surface area contributed by atoms with Gasteiger partial charge in [-0.25, -0.2) is 9.79 Å². The van der Waals surface area contributed by atoms with Gasteiger partial charge in [-0.3, -0.25) is 9.36 Å². The SMILES string of the molecule is C=CCOc1ccccc1/C=c1/sc2n(c1=O)[C@H](c1ccccc1)C(C(=O)OCC)=C(c1ccccc1)N=2. The van der Waals surface area contributed by atoms with Gasteiger partial charge in [-0.2, -0.15) is 0 Å². The Labute approximate surface area is 224 Å². The summed E-state index contributed by atoms with van der Waals surface area (Å²) in [5.74, 6) is 0.149. The van der Waals surface area contributed by atoms with Gasteiger partial charge in [0.2, 0.25) is 0 Å². The highest BCUT2D eigenvalue weighted by Crippen LogP contribution is 2.35. The maximum Gasteiger partial charge on any atom is 0.338 e. The van der Waals surface area contributed by atoms with E-state index < -0.39 is 12.0 Å². The molecule has 1 atom stereocenters. The van der Waals surface area contributed by atoms with Crippen molar-refractivity contribution in [1.82, 2.24) is 4.57 Å². The van der Waals surface area contributed by atoms with Crippen LogP contribution in [0.15, 0.2) is 113 Å². The molecule has 0 unspecified atom stereocenters. The van der Waals surface area contributed by atoms with Crippen molar-refractivity contribution in [1.29, 1.82) is 0 Å². The first kappa shape index (κ1) is 25.2. The zero-order valence-electron chi connectivity index (χ0n) is 20.9. The van der Waals surface area contributed by atoms with E-state index in [0.717, 1.165) is 16.7 Å². The van der Waals surface area contributed by atoms with E-state index in [0.29, 0.717) is 33.0 Å². The van der Waals surface area contributed by atoms with Crippen LogP contribution in [0.2, 0.25) is 0 Å². The first-order valence-electron chi connectivity index (χ1n) is 12.3. The Morgan fingerprint density at radius 2 is 1.71 bits per heavy atom. The number of hydrogen-bond donors (Lipinski definition) is 0. The summed E-state index contributed by atoms with van der Waals surface area (Å²) in [5.41, 5.74) is 2.93.